The van der Waals surface area contributed by atoms with Crippen molar-refractivity contribution in [3.05, 3.63) is 0 Å². The Hall–Kier alpha value is -0.860. The average molecular weight is 238 g/mol. The summed E-state index contributed by atoms with van der Waals surface area (Å²) in [6.07, 6.45) is 4.97. The number of carbonyl (C=O) groups excluding carboxylic acids is 2. The number of rotatable bonds is 3. The van der Waals surface area contributed by atoms with E-state index in [2.05, 4.69) is 0 Å². The van der Waals surface area contributed by atoms with Crippen molar-refractivity contribution < 1.29 is 14.3 Å². The average Bonchev–Trinajstić information content (AvgIpc) is 2.74. The summed E-state index contributed by atoms with van der Waals surface area (Å²) < 4.78 is 5.35. The molecule has 3 heteroatoms. The second kappa shape index (κ2) is 4.43. The summed E-state index contributed by atoms with van der Waals surface area (Å²) in [7, 11) is 0. The first-order valence-electron chi connectivity index (χ1n) is 6.58. The van der Waals surface area contributed by atoms with Crippen LogP contribution in [-0.4, -0.2) is 17.9 Å². The largest absolute Gasteiger partial charge is 0.460 e. The van der Waals surface area contributed by atoms with Gasteiger partial charge in [0.15, 0.2) is 0 Å². The van der Waals surface area contributed by atoms with Gasteiger partial charge in [-0.15, -0.1) is 0 Å². The van der Waals surface area contributed by atoms with Gasteiger partial charge in [-0.3, -0.25) is 4.79 Å². The van der Waals surface area contributed by atoms with Gasteiger partial charge in [-0.05, 0) is 57.8 Å². The van der Waals surface area contributed by atoms with Gasteiger partial charge in [0, 0.05) is 12.3 Å². The molecular formula is C14H22O3. The van der Waals surface area contributed by atoms with Crippen molar-refractivity contribution in [1.82, 2.24) is 0 Å². The first-order valence-corrected chi connectivity index (χ1v) is 6.58. The molecule has 2 aliphatic rings. The SMILES string of the molecule is CC(C)(C)OC(=O)CC1C(C=O)C2CC[C@H]1C2. The highest BCUT2D eigenvalue weighted by Gasteiger charge is 2.48. The van der Waals surface area contributed by atoms with Gasteiger partial charge in [0.05, 0.1) is 0 Å². The lowest BCUT2D eigenvalue weighted by Crippen LogP contribution is -2.30. The van der Waals surface area contributed by atoms with Crippen LogP contribution >= 0.6 is 0 Å². The van der Waals surface area contributed by atoms with Gasteiger partial charge < -0.3 is 9.53 Å². The predicted octanol–water partition coefficient (Wildman–Crippen LogP) is 2.58. The zero-order valence-corrected chi connectivity index (χ0v) is 10.9. The number of aldehydes is 1. The summed E-state index contributed by atoms with van der Waals surface area (Å²) in [6, 6.07) is 0. The molecule has 0 heterocycles. The molecule has 2 aliphatic carbocycles. The molecule has 0 aromatic carbocycles. The fourth-order valence-corrected chi connectivity index (χ4v) is 3.55. The zero-order chi connectivity index (χ0) is 12.6. The molecule has 3 unspecified atom stereocenters. The molecule has 0 N–H and O–H groups in total. The molecule has 2 saturated carbocycles. The molecule has 0 radical (unpaired) electrons. The Morgan fingerprint density at radius 1 is 1.29 bits per heavy atom. The highest BCUT2D eigenvalue weighted by atomic mass is 16.6. The third-order valence-electron chi connectivity index (χ3n) is 4.14. The van der Waals surface area contributed by atoms with E-state index in [-0.39, 0.29) is 17.8 Å². The van der Waals surface area contributed by atoms with E-state index in [0.29, 0.717) is 18.3 Å². The summed E-state index contributed by atoms with van der Waals surface area (Å²) in [5.74, 6) is 1.29. The molecule has 2 rings (SSSR count). The van der Waals surface area contributed by atoms with Crippen molar-refractivity contribution in [3.8, 4) is 0 Å². The van der Waals surface area contributed by atoms with Gasteiger partial charge in [-0.25, -0.2) is 0 Å². The molecule has 0 aromatic rings. The quantitative estimate of drug-likeness (QED) is 0.560. The lowest BCUT2D eigenvalue weighted by molar-refractivity contribution is -0.156. The molecule has 0 aliphatic heterocycles. The molecule has 0 saturated heterocycles. The number of fused-ring (bicyclic) bond motifs is 2. The Labute approximate surface area is 103 Å². The molecule has 0 aromatic heterocycles. The highest BCUT2D eigenvalue weighted by Crippen LogP contribution is 2.52. The Bertz CT molecular complexity index is 316. The highest BCUT2D eigenvalue weighted by molar-refractivity contribution is 5.71. The maximum Gasteiger partial charge on any atom is 0.306 e. The minimum Gasteiger partial charge on any atom is -0.460 e. The van der Waals surface area contributed by atoms with E-state index in [1.165, 1.54) is 12.8 Å². The molecule has 96 valence electrons. The molecule has 2 fully saturated rings. The van der Waals surface area contributed by atoms with Crippen molar-refractivity contribution in [2.24, 2.45) is 23.7 Å². The minimum absolute atomic E-state index is 0.0984. The summed E-state index contributed by atoms with van der Waals surface area (Å²) >= 11 is 0. The van der Waals surface area contributed by atoms with Crippen molar-refractivity contribution in [2.75, 3.05) is 0 Å². The second-order valence-corrected chi connectivity index (χ2v) is 6.50. The number of hydrogen-bond donors (Lipinski definition) is 0. The van der Waals surface area contributed by atoms with Crippen molar-refractivity contribution in [1.29, 1.82) is 0 Å². The van der Waals surface area contributed by atoms with Crippen molar-refractivity contribution >= 4 is 12.3 Å². The van der Waals surface area contributed by atoms with Gasteiger partial charge in [-0.2, -0.15) is 0 Å². The summed E-state index contributed by atoms with van der Waals surface area (Å²) in [4.78, 5) is 22.9. The van der Waals surface area contributed by atoms with Gasteiger partial charge in [0.1, 0.15) is 11.9 Å². The van der Waals surface area contributed by atoms with Crippen LogP contribution in [0.5, 0.6) is 0 Å². The molecule has 2 bridgehead atoms. The predicted molar refractivity (Wildman–Crippen MR) is 64.3 cm³/mol. The normalized spacial score (nSPS) is 35.9. The van der Waals surface area contributed by atoms with Crippen molar-refractivity contribution in [3.63, 3.8) is 0 Å². The maximum atomic E-state index is 11.8. The van der Waals surface area contributed by atoms with E-state index < -0.39 is 5.60 Å². The maximum absolute atomic E-state index is 11.8. The smallest absolute Gasteiger partial charge is 0.306 e. The number of esters is 1. The van der Waals surface area contributed by atoms with Crippen LogP contribution < -0.4 is 0 Å². The van der Waals surface area contributed by atoms with Gasteiger partial charge in [0.25, 0.3) is 0 Å². The first kappa shape index (κ1) is 12.6. The van der Waals surface area contributed by atoms with E-state index in [4.69, 9.17) is 4.74 Å². The molecular weight excluding hydrogens is 216 g/mol. The van der Waals surface area contributed by atoms with Crippen LogP contribution in [0, 0.1) is 23.7 Å². The Kier molecular flexibility index (Phi) is 3.28. The first-order chi connectivity index (χ1) is 7.90. The third-order valence-corrected chi connectivity index (χ3v) is 4.14. The van der Waals surface area contributed by atoms with Crippen LogP contribution in [0.15, 0.2) is 0 Å². The van der Waals surface area contributed by atoms with Crippen LogP contribution in [-0.2, 0) is 14.3 Å². The van der Waals surface area contributed by atoms with E-state index in [1.54, 1.807) is 0 Å². The van der Waals surface area contributed by atoms with E-state index in [0.717, 1.165) is 12.7 Å². The van der Waals surface area contributed by atoms with Gasteiger partial charge >= 0.3 is 5.97 Å². The third kappa shape index (κ3) is 2.70. The Morgan fingerprint density at radius 2 is 1.94 bits per heavy atom. The second-order valence-electron chi connectivity index (χ2n) is 6.50. The monoisotopic (exact) mass is 238 g/mol. The molecule has 0 spiro atoms. The Balaban J connectivity index is 1.94. The lowest BCUT2D eigenvalue weighted by Gasteiger charge is -2.28. The zero-order valence-electron chi connectivity index (χ0n) is 10.9. The van der Waals surface area contributed by atoms with E-state index in [1.807, 2.05) is 20.8 Å². The summed E-state index contributed by atoms with van der Waals surface area (Å²) in [5.41, 5.74) is -0.425. The molecule has 4 atom stereocenters. The van der Waals surface area contributed by atoms with Gasteiger partial charge in [-0.1, -0.05) is 0 Å². The van der Waals surface area contributed by atoms with E-state index >= 15 is 0 Å². The van der Waals surface area contributed by atoms with Crippen LogP contribution in [0.1, 0.15) is 46.5 Å². The summed E-state index contributed by atoms with van der Waals surface area (Å²) in [6.45, 7) is 5.63. The van der Waals surface area contributed by atoms with Crippen LogP contribution in [0.2, 0.25) is 0 Å². The molecule has 17 heavy (non-hydrogen) atoms. The Morgan fingerprint density at radius 3 is 2.53 bits per heavy atom. The topological polar surface area (TPSA) is 43.4 Å². The lowest BCUT2D eigenvalue weighted by atomic mass is 9.78. The minimum atomic E-state index is -0.425. The van der Waals surface area contributed by atoms with Gasteiger partial charge in [0.2, 0.25) is 0 Å². The van der Waals surface area contributed by atoms with Crippen LogP contribution in [0.4, 0.5) is 0 Å². The fourth-order valence-electron chi connectivity index (χ4n) is 3.55. The number of hydrogen-bond acceptors (Lipinski definition) is 3. The summed E-state index contributed by atoms with van der Waals surface area (Å²) in [5, 5.41) is 0. The van der Waals surface area contributed by atoms with Crippen LogP contribution in [0.3, 0.4) is 0 Å². The molecule has 3 nitrogen and oxygen atoms in total. The molecule has 0 amide bonds. The number of ether oxygens (including phenoxy) is 1. The number of carbonyl (C=O) groups is 2. The standard InChI is InChI=1S/C14H22O3/c1-14(2,3)17-13(16)7-11-9-4-5-10(6-9)12(11)8-15/h8-12H,4-7H2,1-3H3/t9-,10?,11?,12?/m0/s1. The fraction of sp³-hybridized carbons (Fsp3) is 0.857. The van der Waals surface area contributed by atoms with E-state index in [9.17, 15) is 9.59 Å². The van der Waals surface area contributed by atoms with Crippen molar-refractivity contribution in [2.45, 2.75) is 52.1 Å². The van der Waals surface area contributed by atoms with Crippen LogP contribution in [0.25, 0.3) is 0 Å².